The van der Waals surface area contributed by atoms with Gasteiger partial charge in [0, 0.05) is 17.9 Å². The van der Waals surface area contributed by atoms with Crippen LogP contribution in [0.5, 0.6) is 0 Å². The number of rotatable bonds is 9. The van der Waals surface area contributed by atoms with Crippen LogP contribution in [0, 0.1) is 5.92 Å². The van der Waals surface area contributed by atoms with Crippen molar-refractivity contribution >= 4 is 0 Å². The van der Waals surface area contributed by atoms with E-state index in [1.54, 1.807) is 0 Å². The van der Waals surface area contributed by atoms with Gasteiger partial charge in [-0.25, -0.2) is 0 Å². The summed E-state index contributed by atoms with van der Waals surface area (Å²) < 4.78 is 14.5. The summed E-state index contributed by atoms with van der Waals surface area (Å²) in [4.78, 5) is 6.96. The molecule has 0 amide bonds. The lowest BCUT2D eigenvalue weighted by Gasteiger charge is -2.64. The SMILES string of the molecule is CCC1(C)CC(OC2CCCCC2)(OC2CCCCC2)C(C)C(C)(CC)N1OC(C)c1ccccc1. The van der Waals surface area contributed by atoms with Crippen LogP contribution in [0.3, 0.4) is 0 Å². The molecule has 4 nitrogen and oxygen atoms in total. The van der Waals surface area contributed by atoms with Gasteiger partial charge >= 0.3 is 0 Å². The Bertz CT molecular complexity index is 783. The molecule has 3 fully saturated rings. The monoisotopic (exact) mass is 499 g/mol. The molecule has 0 spiro atoms. The molecular formula is C32H53NO3. The van der Waals surface area contributed by atoms with Crippen molar-refractivity contribution in [1.82, 2.24) is 5.06 Å². The predicted molar refractivity (Wildman–Crippen MR) is 148 cm³/mol. The van der Waals surface area contributed by atoms with Gasteiger partial charge in [-0.15, -0.1) is 0 Å². The molecule has 204 valence electrons. The Morgan fingerprint density at radius 3 is 1.83 bits per heavy atom. The molecule has 0 radical (unpaired) electrons. The molecule has 1 saturated heterocycles. The van der Waals surface area contributed by atoms with Gasteiger partial charge in [0.25, 0.3) is 0 Å². The third kappa shape index (κ3) is 5.72. The molecule has 0 aromatic heterocycles. The number of benzene rings is 1. The van der Waals surface area contributed by atoms with E-state index < -0.39 is 5.79 Å². The zero-order valence-electron chi connectivity index (χ0n) is 24.1. The van der Waals surface area contributed by atoms with Gasteiger partial charge in [-0.2, -0.15) is 5.06 Å². The minimum absolute atomic E-state index is 0.0128. The van der Waals surface area contributed by atoms with Crippen molar-refractivity contribution in [1.29, 1.82) is 0 Å². The topological polar surface area (TPSA) is 30.9 Å². The van der Waals surface area contributed by atoms with Crippen LogP contribution >= 0.6 is 0 Å². The van der Waals surface area contributed by atoms with Gasteiger partial charge in [0.05, 0.1) is 17.7 Å². The minimum atomic E-state index is -0.574. The summed E-state index contributed by atoms with van der Waals surface area (Å²) in [5.74, 6) is -0.392. The standard InChI is InChI=1S/C32H53NO3/c1-7-30(5)24-32(34-28-20-14-10-15-21-28,35-29-22-16-11-17-23-29)26(4)31(6,8-2)33(30)36-25(3)27-18-12-9-13-19-27/h9,12-13,18-19,25-26,28-29H,7-8,10-11,14-17,20-24H2,1-6H3. The maximum Gasteiger partial charge on any atom is 0.175 e. The quantitative estimate of drug-likeness (QED) is 0.318. The summed E-state index contributed by atoms with van der Waals surface area (Å²) in [5, 5.41) is 2.38. The fourth-order valence-corrected chi connectivity index (χ4v) is 7.18. The van der Waals surface area contributed by atoms with Crippen LogP contribution in [0.25, 0.3) is 0 Å². The second-order valence-electron chi connectivity index (χ2n) is 12.5. The van der Waals surface area contributed by atoms with Crippen molar-refractivity contribution in [2.45, 2.75) is 160 Å². The fourth-order valence-electron chi connectivity index (χ4n) is 7.18. The molecule has 0 N–H and O–H groups in total. The molecule has 4 rings (SSSR count). The molecule has 1 heterocycles. The van der Waals surface area contributed by atoms with E-state index in [0.717, 1.165) is 19.3 Å². The normalized spacial score (nSPS) is 33.4. The summed E-state index contributed by atoms with van der Waals surface area (Å²) in [6.07, 6.45) is 15.9. The van der Waals surface area contributed by atoms with Crippen LogP contribution in [0.4, 0.5) is 0 Å². The molecule has 3 aliphatic rings. The molecule has 4 atom stereocenters. The van der Waals surface area contributed by atoms with Crippen LogP contribution < -0.4 is 0 Å². The molecule has 0 bridgehead atoms. The number of ether oxygens (including phenoxy) is 2. The number of hydrogen-bond donors (Lipinski definition) is 0. The second-order valence-corrected chi connectivity index (χ2v) is 12.5. The molecule has 4 unspecified atom stereocenters. The average Bonchev–Trinajstić information content (AvgIpc) is 2.91. The highest BCUT2D eigenvalue weighted by molar-refractivity contribution is 5.17. The number of nitrogens with zero attached hydrogens (tertiary/aromatic N) is 1. The predicted octanol–water partition coefficient (Wildman–Crippen LogP) is 8.75. The highest BCUT2D eigenvalue weighted by atomic mass is 16.7. The molecular weight excluding hydrogens is 446 g/mol. The first-order valence-corrected chi connectivity index (χ1v) is 15.1. The van der Waals surface area contributed by atoms with Gasteiger partial charge in [0.1, 0.15) is 6.10 Å². The third-order valence-electron chi connectivity index (χ3n) is 10.0. The first-order valence-electron chi connectivity index (χ1n) is 15.1. The third-order valence-corrected chi connectivity index (χ3v) is 10.0. The Labute approximate surface area is 221 Å². The largest absolute Gasteiger partial charge is 0.346 e. The van der Waals surface area contributed by atoms with Crippen LogP contribution in [0.15, 0.2) is 30.3 Å². The lowest BCUT2D eigenvalue weighted by molar-refractivity contribution is -0.410. The Hall–Kier alpha value is -0.940. The zero-order chi connectivity index (χ0) is 25.8. The van der Waals surface area contributed by atoms with Crippen molar-refractivity contribution in [3.8, 4) is 0 Å². The molecule has 2 saturated carbocycles. The fraction of sp³-hybridized carbons (Fsp3) is 0.812. The lowest BCUT2D eigenvalue weighted by Crippen LogP contribution is -2.73. The first-order chi connectivity index (χ1) is 17.3. The van der Waals surface area contributed by atoms with E-state index in [9.17, 15) is 0 Å². The van der Waals surface area contributed by atoms with E-state index in [-0.39, 0.29) is 23.1 Å². The van der Waals surface area contributed by atoms with Gasteiger partial charge in [0.15, 0.2) is 5.79 Å². The molecule has 1 aliphatic heterocycles. The first kappa shape index (κ1) is 28.1. The smallest absolute Gasteiger partial charge is 0.175 e. The second kappa shape index (κ2) is 11.8. The van der Waals surface area contributed by atoms with Crippen LogP contribution in [-0.4, -0.2) is 34.1 Å². The van der Waals surface area contributed by atoms with E-state index in [1.807, 2.05) is 0 Å². The molecule has 36 heavy (non-hydrogen) atoms. The van der Waals surface area contributed by atoms with Crippen molar-refractivity contribution in [3.05, 3.63) is 35.9 Å². The van der Waals surface area contributed by atoms with Gasteiger partial charge in [-0.1, -0.05) is 89.6 Å². The summed E-state index contributed by atoms with van der Waals surface area (Å²) in [7, 11) is 0. The van der Waals surface area contributed by atoms with E-state index in [1.165, 1.54) is 69.8 Å². The van der Waals surface area contributed by atoms with Gasteiger partial charge < -0.3 is 9.47 Å². The van der Waals surface area contributed by atoms with Gasteiger partial charge in [-0.05, 0) is 64.9 Å². The summed E-state index contributed by atoms with van der Waals surface area (Å²) in [6.45, 7) is 14.0. The van der Waals surface area contributed by atoms with E-state index in [0.29, 0.717) is 12.2 Å². The lowest BCUT2D eigenvalue weighted by atomic mass is 9.67. The van der Waals surface area contributed by atoms with Crippen LogP contribution in [0.2, 0.25) is 0 Å². The van der Waals surface area contributed by atoms with E-state index in [2.05, 4.69) is 76.9 Å². The Kier molecular flexibility index (Phi) is 9.24. The van der Waals surface area contributed by atoms with Crippen LogP contribution in [0.1, 0.15) is 137 Å². The van der Waals surface area contributed by atoms with E-state index >= 15 is 0 Å². The highest BCUT2D eigenvalue weighted by Gasteiger charge is 2.63. The van der Waals surface area contributed by atoms with Crippen LogP contribution in [-0.2, 0) is 14.3 Å². The average molecular weight is 500 g/mol. The molecule has 2 aliphatic carbocycles. The Balaban J connectivity index is 1.69. The minimum Gasteiger partial charge on any atom is -0.346 e. The Morgan fingerprint density at radius 2 is 1.36 bits per heavy atom. The summed E-state index contributed by atoms with van der Waals surface area (Å²) >= 11 is 0. The van der Waals surface area contributed by atoms with Crippen molar-refractivity contribution in [2.75, 3.05) is 0 Å². The van der Waals surface area contributed by atoms with E-state index in [4.69, 9.17) is 14.3 Å². The van der Waals surface area contributed by atoms with Crippen molar-refractivity contribution < 1.29 is 14.3 Å². The summed E-state index contributed by atoms with van der Waals surface area (Å²) in [5.41, 5.74) is 0.815. The zero-order valence-corrected chi connectivity index (χ0v) is 24.1. The van der Waals surface area contributed by atoms with Crippen molar-refractivity contribution in [2.24, 2.45) is 5.92 Å². The molecule has 4 heteroatoms. The number of hydrogen-bond acceptors (Lipinski definition) is 4. The maximum atomic E-state index is 7.26. The van der Waals surface area contributed by atoms with Gasteiger partial charge in [0.2, 0.25) is 0 Å². The van der Waals surface area contributed by atoms with Crippen molar-refractivity contribution in [3.63, 3.8) is 0 Å². The number of piperidine rings is 1. The number of hydroxylamine groups is 2. The molecule has 1 aromatic carbocycles. The molecule has 1 aromatic rings. The van der Waals surface area contributed by atoms with Gasteiger partial charge in [-0.3, -0.25) is 4.84 Å². The maximum absolute atomic E-state index is 7.26. The highest BCUT2D eigenvalue weighted by Crippen LogP contribution is 2.54. The Morgan fingerprint density at radius 1 is 0.833 bits per heavy atom. The summed E-state index contributed by atoms with van der Waals surface area (Å²) in [6, 6.07) is 10.6.